The van der Waals surface area contributed by atoms with Crippen LogP contribution in [0.4, 0.5) is 0 Å². The first-order valence-corrected chi connectivity index (χ1v) is 9.18. The van der Waals surface area contributed by atoms with E-state index < -0.39 is 5.76 Å². The van der Waals surface area contributed by atoms with E-state index in [-0.39, 0.29) is 24.5 Å². The number of oxazole rings is 1. The number of aromatic nitrogens is 1. The Morgan fingerprint density at radius 3 is 2.63 bits per heavy atom. The number of amides is 1. The summed E-state index contributed by atoms with van der Waals surface area (Å²) in [6.45, 7) is 3.36. The number of carbonyl (C=O) groups is 1. The lowest BCUT2D eigenvalue weighted by Crippen LogP contribution is -2.46. The van der Waals surface area contributed by atoms with Gasteiger partial charge in [-0.3, -0.25) is 9.36 Å². The van der Waals surface area contributed by atoms with Crippen molar-refractivity contribution in [2.24, 2.45) is 0 Å². The lowest BCUT2D eigenvalue weighted by molar-refractivity contribution is -0.145. The van der Waals surface area contributed by atoms with Crippen LogP contribution in [0.3, 0.4) is 0 Å². The van der Waals surface area contributed by atoms with Crippen LogP contribution in [0.15, 0.2) is 63.8 Å². The van der Waals surface area contributed by atoms with Crippen LogP contribution in [0.5, 0.6) is 0 Å². The SMILES string of the molecule is C[C@@H]1CN(C(=O)CCn2c(=O)oc3ccccc32)C[C@@H](c2ccccc2)O1. The number of hydrogen-bond acceptors (Lipinski definition) is 4. The van der Waals surface area contributed by atoms with Crippen LogP contribution in [0.1, 0.15) is 25.0 Å². The van der Waals surface area contributed by atoms with Crippen molar-refractivity contribution in [3.8, 4) is 0 Å². The zero-order valence-corrected chi connectivity index (χ0v) is 15.2. The van der Waals surface area contributed by atoms with Crippen molar-refractivity contribution in [3.05, 3.63) is 70.7 Å². The molecule has 1 saturated heterocycles. The van der Waals surface area contributed by atoms with Crippen molar-refractivity contribution in [2.75, 3.05) is 13.1 Å². The predicted octanol–water partition coefficient (Wildman–Crippen LogP) is 2.97. The molecule has 2 atom stereocenters. The zero-order valence-electron chi connectivity index (χ0n) is 15.2. The number of fused-ring (bicyclic) bond motifs is 1. The molecule has 1 aromatic heterocycles. The monoisotopic (exact) mass is 366 g/mol. The predicted molar refractivity (Wildman–Crippen MR) is 101 cm³/mol. The Kier molecular flexibility index (Phi) is 4.81. The Morgan fingerprint density at radius 1 is 1.07 bits per heavy atom. The first kappa shape index (κ1) is 17.5. The lowest BCUT2D eigenvalue weighted by atomic mass is 10.1. The minimum Gasteiger partial charge on any atom is -0.408 e. The van der Waals surface area contributed by atoms with Crippen LogP contribution in [-0.4, -0.2) is 34.6 Å². The van der Waals surface area contributed by atoms with E-state index in [9.17, 15) is 9.59 Å². The molecule has 0 unspecified atom stereocenters. The van der Waals surface area contributed by atoms with E-state index >= 15 is 0 Å². The number of hydrogen-bond donors (Lipinski definition) is 0. The molecule has 0 N–H and O–H groups in total. The second-order valence-corrected chi connectivity index (χ2v) is 6.88. The van der Waals surface area contributed by atoms with Gasteiger partial charge in [-0.1, -0.05) is 42.5 Å². The smallest absolute Gasteiger partial charge is 0.408 e. The van der Waals surface area contributed by atoms with Gasteiger partial charge in [-0.05, 0) is 24.6 Å². The number of rotatable bonds is 4. The zero-order chi connectivity index (χ0) is 18.8. The summed E-state index contributed by atoms with van der Waals surface area (Å²) in [5.74, 6) is -0.412. The van der Waals surface area contributed by atoms with Crippen LogP contribution in [0.25, 0.3) is 11.1 Å². The van der Waals surface area contributed by atoms with Crippen molar-refractivity contribution < 1.29 is 13.9 Å². The van der Waals surface area contributed by atoms with Gasteiger partial charge in [0.15, 0.2) is 5.58 Å². The summed E-state index contributed by atoms with van der Waals surface area (Å²) in [7, 11) is 0. The van der Waals surface area contributed by atoms with Gasteiger partial charge in [-0.15, -0.1) is 0 Å². The van der Waals surface area contributed by atoms with E-state index in [0.29, 0.717) is 30.7 Å². The van der Waals surface area contributed by atoms with Crippen molar-refractivity contribution in [2.45, 2.75) is 32.1 Å². The minimum atomic E-state index is -0.429. The van der Waals surface area contributed by atoms with Gasteiger partial charge in [0.1, 0.15) is 6.10 Å². The second kappa shape index (κ2) is 7.40. The summed E-state index contributed by atoms with van der Waals surface area (Å²) < 4.78 is 12.8. The maximum absolute atomic E-state index is 12.8. The largest absolute Gasteiger partial charge is 0.419 e. The van der Waals surface area contributed by atoms with Gasteiger partial charge in [0.05, 0.1) is 18.2 Å². The average molecular weight is 366 g/mol. The highest BCUT2D eigenvalue weighted by molar-refractivity contribution is 5.77. The summed E-state index contributed by atoms with van der Waals surface area (Å²) in [6, 6.07) is 17.2. The molecule has 1 fully saturated rings. The van der Waals surface area contributed by atoms with Crippen LogP contribution >= 0.6 is 0 Å². The molecule has 140 valence electrons. The molecule has 1 aliphatic rings. The fraction of sp³-hybridized carbons (Fsp3) is 0.333. The molecule has 6 nitrogen and oxygen atoms in total. The fourth-order valence-corrected chi connectivity index (χ4v) is 3.60. The van der Waals surface area contributed by atoms with Crippen LogP contribution in [0, 0.1) is 0 Å². The molecule has 2 heterocycles. The van der Waals surface area contributed by atoms with Gasteiger partial charge in [0, 0.05) is 19.5 Å². The number of carbonyl (C=O) groups excluding carboxylic acids is 1. The third kappa shape index (κ3) is 3.66. The van der Waals surface area contributed by atoms with Gasteiger partial charge in [-0.25, -0.2) is 4.79 Å². The highest BCUT2D eigenvalue weighted by Gasteiger charge is 2.29. The third-order valence-electron chi connectivity index (χ3n) is 4.91. The van der Waals surface area contributed by atoms with E-state index in [1.165, 1.54) is 4.57 Å². The second-order valence-electron chi connectivity index (χ2n) is 6.88. The Morgan fingerprint density at radius 2 is 1.81 bits per heavy atom. The van der Waals surface area contributed by atoms with Crippen molar-refractivity contribution >= 4 is 17.0 Å². The summed E-state index contributed by atoms with van der Waals surface area (Å²) >= 11 is 0. The molecule has 0 radical (unpaired) electrons. The van der Waals surface area contributed by atoms with E-state index in [4.69, 9.17) is 9.15 Å². The Labute approximate surface area is 157 Å². The van der Waals surface area contributed by atoms with Crippen LogP contribution in [-0.2, 0) is 16.1 Å². The van der Waals surface area contributed by atoms with E-state index in [1.54, 1.807) is 6.07 Å². The van der Waals surface area contributed by atoms with Crippen molar-refractivity contribution in [1.82, 2.24) is 9.47 Å². The number of ether oxygens (including phenoxy) is 1. The lowest BCUT2D eigenvalue weighted by Gasteiger charge is -2.37. The molecular weight excluding hydrogens is 344 g/mol. The number of para-hydroxylation sites is 2. The van der Waals surface area contributed by atoms with E-state index in [1.807, 2.05) is 60.4 Å². The minimum absolute atomic E-state index is 0.0169. The first-order chi connectivity index (χ1) is 13.1. The highest BCUT2D eigenvalue weighted by Crippen LogP contribution is 2.25. The van der Waals surface area contributed by atoms with Gasteiger partial charge in [0.25, 0.3) is 0 Å². The fourth-order valence-electron chi connectivity index (χ4n) is 3.60. The summed E-state index contributed by atoms with van der Waals surface area (Å²) in [5, 5.41) is 0. The molecule has 0 aliphatic carbocycles. The summed E-state index contributed by atoms with van der Waals surface area (Å²) in [4.78, 5) is 26.7. The molecule has 1 amide bonds. The van der Waals surface area contributed by atoms with E-state index in [2.05, 4.69) is 0 Å². The Bertz CT molecular complexity index is 992. The molecule has 1 aliphatic heterocycles. The topological polar surface area (TPSA) is 64.7 Å². The van der Waals surface area contributed by atoms with Gasteiger partial charge in [-0.2, -0.15) is 0 Å². The van der Waals surface area contributed by atoms with Gasteiger partial charge in [0.2, 0.25) is 5.91 Å². The molecule has 4 rings (SSSR count). The van der Waals surface area contributed by atoms with Crippen LogP contribution in [0.2, 0.25) is 0 Å². The molecule has 2 aromatic carbocycles. The normalized spacial score (nSPS) is 20.1. The van der Waals surface area contributed by atoms with Crippen molar-refractivity contribution in [3.63, 3.8) is 0 Å². The third-order valence-corrected chi connectivity index (χ3v) is 4.91. The maximum atomic E-state index is 12.8. The average Bonchev–Trinajstić information content (AvgIpc) is 3.01. The summed E-state index contributed by atoms with van der Waals surface area (Å²) in [6.07, 6.45) is 0.0826. The van der Waals surface area contributed by atoms with Crippen molar-refractivity contribution in [1.29, 1.82) is 0 Å². The van der Waals surface area contributed by atoms with Gasteiger partial charge < -0.3 is 14.1 Å². The quantitative estimate of drug-likeness (QED) is 0.712. The van der Waals surface area contributed by atoms with E-state index in [0.717, 1.165) is 5.56 Å². The number of aryl methyl sites for hydroxylation is 1. The molecular formula is C21H22N2O4. The van der Waals surface area contributed by atoms with Crippen LogP contribution < -0.4 is 5.76 Å². The molecule has 0 saturated carbocycles. The molecule has 0 bridgehead atoms. The maximum Gasteiger partial charge on any atom is 0.419 e. The molecule has 6 heteroatoms. The van der Waals surface area contributed by atoms with Gasteiger partial charge >= 0.3 is 5.76 Å². The number of benzene rings is 2. The Balaban J connectivity index is 1.46. The highest BCUT2D eigenvalue weighted by atomic mass is 16.5. The Hall–Kier alpha value is -2.86. The molecule has 3 aromatic rings. The number of nitrogens with zero attached hydrogens (tertiary/aromatic N) is 2. The first-order valence-electron chi connectivity index (χ1n) is 9.18. The standard InChI is InChI=1S/C21H22N2O4/c1-15-13-22(14-19(26-15)16-7-3-2-4-8-16)20(24)11-12-23-17-9-5-6-10-18(17)27-21(23)25/h2-10,15,19H,11-14H2,1H3/t15-,19+/m1/s1. The summed E-state index contributed by atoms with van der Waals surface area (Å²) in [5.41, 5.74) is 2.32. The molecule has 27 heavy (non-hydrogen) atoms. The molecule has 0 spiro atoms. The number of morpholine rings is 1.